The number of carbonyl (C=O) groups excluding carboxylic acids is 2. The summed E-state index contributed by atoms with van der Waals surface area (Å²) in [6.45, 7) is 5.09. The van der Waals surface area contributed by atoms with Gasteiger partial charge in [0.2, 0.25) is 0 Å². The van der Waals surface area contributed by atoms with E-state index >= 15 is 0 Å². The van der Waals surface area contributed by atoms with Crippen molar-refractivity contribution in [3.05, 3.63) is 47.3 Å². The maximum absolute atomic E-state index is 12.8. The number of hydrogen-bond acceptors (Lipinski definition) is 4. The van der Waals surface area contributed by atoms with Gasteiger partial charge in [-0.1, -0.05) is 13.8 Å². The molecule has 0 saturated heterocycles. The smallest absolute Gasteiger partial charge is 0.305 e. The van der Waals surface area contributed by atoms with Gasteiger partial charge in [0.25, 0.3) is 11.8 Å². The number of carboxylic acids is 1. The minimum absolute atomic E-state index is 0.0664. The average Bonchev–Trinajstić information content (AvgIpc) is 3.41. The highest BCUT2D eigenvalue weighted by Crippen LogP contribution is 2.42. The van der Waals surface area contributed by atoms with E-state index in [1.165, 1.54) is 0 Å². The maximum atomic E-state index is 12.8. The molecule has 2 amide bonds. The van der Waals surface area contributed by atoms with Gasteiger partial charge in [-0.2, -0.15) is 5.10 Å². The molecule has 0 bridgehead atoms. The molecule has 8 nitrogen and oxygen atoms in total. The fraction of sp³-hybridized carbons (Fsp3) is 0.429. The predicted octanol–water partition coefficient (Wildman–Crippen LogP) is 2.87. The zero-order valence-corrected chi connectivity index (χ0v) is 16.6. The molecule has 1 aromatic carbocycles. The average molecular weight is 398 g/mol. The van der Waals surface area contributed by atoms with Gasteiger partial charge in [-0.3, -0.25) is 19.1 Å². The zero-order chi connectivity index (χ0) is 21.0. The van der Waals surface area contributed by atoms with Crippen LogP contribution in [0.2, 0.25) is 0 Å². The largest absolute Gasteiger partial charge is 0.481 e. The lowest BCUT2D eigenvalue weighted by Gasteiger charge is -2.11. The van der Waals surface area contributed by atoms with E-state index in [0.29, 0.717) is 28.7 Å². The molecule has 0 aliphatic heterocycles. The molecule has 2 aromatic rings. The Morgan fingerprint density at radius 2 is 1.86 bits per heavy atom. The van der Waals surface area contributed by atoms with Crippen molar-refractivity contribution in [1.29, 1.82) is 0 Å². The lowest BCUT2D eigenvalue weighted by atomic mass is 10.1. The SMILES string of the molecule is CC(C)Cn1ncc(C(=O)Nc2ccc(C(=O)NCCC(=O)O)cc2)c1C1CC1. The molecule has 0 unspecified atom stereocenters. The lowest BCUT2D eigenvalue weighted by molar-refractivity contribution is -0.136. The number of hydrogen-bond donors (Lipinski definition) is 3. The number of aliphatic carboxylic acids is 1. The van der Waals surface area contributed by atoms with Crippen molar-refractivity contribution >= 4 is 23.5 Å². The van der Waals surface area contributed by atoms with Crippen LogP contribution in [0.15, 0.2) is 30.5 Å². The summed E-state index contributed by atoms with van der Waals surface area (Å²) >= 11 is 0. The van der Waals surface area contributed by atoms with Crippen molar-refractivity contribution < 1.29 is 19.5 Å². The van der Waals surface area contributed by atoms with Gasteiger partial charge in [-0.25, -0.2) is 0 Å². The van der Waals surface area contributed by atoms with Gasteiger partial charge in [0, 0.05) is 30.3 Å². The van der Waals surface area contributed by atoms with Crippen LogP contribution < -0.4 is 10.6 Å². The van der Waals surface area contributed by atoms with Crippen LogP contribution in [-0.2, 0) is 11.3 Å². The lowest BCUT2D eigenvalue weighted by Crippen LogP contribution is -2.25. The van der Waals surface area contributed by atoms with Crippen LogP contribution >= 0.6 is 0 Å². The Balaban J connectivity index is 1.65. The third kappa shape index (κ3) is 5.43. The Morgan fingerprint density at radius 1 is 1.17 bits per heavy atom. The molecule has 1 aromatic heterocycles. The first-order chi connectivity index (χ1) is 13.8. The van der Waals surface area contributed by atoms with Gasteiger partial charge in [-0.05, 0) is 43.0 Å². The van der Waals surface area contributed by atoms with Crippen molar-refractivity contribution in [3.63, 3.8) is 0 Å². The molecule has 1 fully saturated rings. The van der Waals surface area contributed by atoms with Gasteiger partial charge in [0.05, 0.1) is 23.9 Å². The summed E-state index contributed by atoms with van der Waals surface area (Å²) in [6, 6.07) is 6.49. The Morgan fingerprint density at radius 3 is 2.45 bits per heavy atom. The van der Waals surface area contributed by atoms with Crippen LogP contribution in [0.3, 0.4) is 0 Å². The van der Waals surface area contributed by atoms with E-state index in [0.717, 1.165) is 25.1 Å². The molecule has 1 heterocycles. The number of carbonyl (C=O) groups is 3. The molecule has 3 N–H and O–H groups in total. The maximum Gasteiger partial charge on any atom is 0.305 e. The Hall–Kier alpha value is -3.16. The molecule has 1 aliphatic rings. The van der Waals surface area contributed by atoms with E-state index in [-0.39, 0.29) is 24.8 Å². The zero-order valence-electron chi connectivity index (χ0n) is 16.6. The quantitative estimate of drug-likeness (QED) is 0.601. The van der Waals surface area contributed by atoms with Crippen molar-refractivity contribution in [2.45, 2.75) is 45.6 Å². The minimum atomic E-state index is -0.967. The molecule has 3 rings (SSSR count). The van der Waals surface area contributed by atoms with Gasteiger partial charge < -0.3 is 15.7 Å². The number of amides is 2. The minimum Gasteiger partial charge on any atom is -0.481 e. The summed E-state index contributed by atoms with van der Waals surface area (Å²) in [6.07, 6.45) is 3.66. The first-order valence-electron chi connectivity index (χ1n) is 9.82. The highest BCUT2D eigenvalue weighted by atomic mass is 16.4. The second kappa shape index (κ2) is 8.89. The van der Waals surface area contributed by atoms with Crippen molar-refractivity contribution in [2.24, 2.45) is 5.92 Å². The number of anilines is 1. The first kappa shape index (κ1) is 20.6. The normalized spacial score (nSPS) is 13.3. The molecule has 0 radical (unpaired) electrons. The summed E-state index contributed by atoms with van der Waals surface area (Å²) in [7, 11) is 0. The van der Waals surface area contributed by atoms with Crippen LogP contribution in [0.25, 0.3) is 0 Å². The van der Waals surface area contributed by atoms with Gasteiger partial charge in [0.1, 0.15) is 0 Å². The monoisotopic (exact) mass is 398 g/mol. The van der Waals surface area contributed by atoms with Crippen LogP contribution in [0.4, 0.5) is 5.69 Å². The van der Waals surface area contributed by atoms with Gasteiger partial charge >= 0.3 is 5.97 Å². The summed E-state index contributed by atoms with van der Waals surface area (Å²) in [4.78, 5) is 35.3. The molecular weight excluding hydrogens is 372 g/mol. The van der Waals surface area contributed by atoms with E-state index in [1.807, 2.05) is 4.68 Å². The molecule has 154 valence electrons. The number of aromatic nitrogens is 2. The second-order valence-corrected chi connectivity index (χ2v) is 7.72. The number of carboxylic acid groups (broad SMARTS) is 1. The standard InChI is InChI=1S/C21H26N4O4/c1-13(2)12-25-19(14-3-4-14)17(11-23-25)21(29)24-16-7-5-15(6-8-16)20(28)22-10-9-18(26)27/h5-8,11,13-14H,3-4,9-10,12H2,1-2H3,(H,22,28)(H,24,29)(H,26,27). The third-order valence-electron chi connectivity index (χ3n) is 4.66. The highest BCUT2D eigenvalue weighted by Gasteiger charge is 2.32. The van der Waals surface area contributed by atoms with Crippen LogP contribution in [0, 0.1) is 5.92 Å². The highest BCUT2D eigenvalue weighted by molar-refractivity contribution is 6.05. The molecule has 1 saturated carbocycles. The van der Waals surface area contributed by atoms with E-state index < -0.39 is 5.97 Å². The summed E-state index contributed by atoms with van der Waals surface area (Å²) in [5.74, 6) is -0.687. The van der Waals surface area contributed by atoms with Gasteiger partial charge in [0.15, 0.2) is 0 Å². The van der Waals surface area contributed by atoms with Crippen LogP contribution in [-0.4, -0.2) is 39.2 Å². The Bertz CT molecular complexity index is 898. The fourth-order valence-corrected chi connectivity index (χ4v) is 3.14. The van der Waals surface area contributed by atoms with Crippen molar-refractivity contribution in [1.82, 2.24) is 15.1 Å². The fourth-order valence-electron chi connectivity index (χ4n) is 3.14. The summed E-state index contributed by atoms with van der Waals surface area (Å²) in [5, 5.41) is 18.4. The molecule has 29 heavy (non-hydrogen) atoms. The van der Waals surface area contributed by atoms with Crippen molar-refractivity contribution in [2.75, 3.05) is 11.9 Å². The molecule has 8 heteroatoms. The van der Waals surface area contributed by atoms with Crippen LogP contribution in [0.1, 0.15) is 65.4 Å². The van der Waals surface area contributed by atoms with Crippen LogP contribution in [0.5, 0.6) is 0 Å². The van der Waals surface area contributed by atoms with E-state index in [1.54, 1.807) is 30.5 Å². The summed E-state index contributed by atoms with van der Waals surface area (Å²) in [5.41, 5.74) is 2.58. The Labute approximate surface area is 169 Å². The summed E-state index contributed by atoms with van der Waals surface area (Å²) < 4.78 is 1.95. The molecule has 0 atom stereocenters. The molecule has 0 spiro atoms. The number of rotatable bonds is 9. The van der Waals surface area contributed by atoms with Gasteiger partial charge in [-0.15, -0.1) is 0 Å². The predicted molar refractivity (Wildman–Crippen MR) is 108 cm³/mol. The van der Waals surface area contributed by atoms with E-state index in [4.69, 9.17) is 5.11 Å². The number of nitrogens with zero attached hydrogens (tertiary/aromatic N) is 2. The molecular formula is C21H26N4O4. The second-order valence-electron chi connectivity index (χ2n) is 7.72. The van der Waals surface area contributed by atoms with E-state index in [2.05, 4.69) is 29.6 Å². The Kier molecular flexibility index (Phi) is 6.31. The van der Waals surface area contributed by atoms with Crippen molar-refractivity contribution in [3.8, 4) is 0 Å². The topological polar surface area (TPSA) is 113 Å². The van der Waals surface area contributed by atoms with E-state index in [9.17, 15) is 14.4 Å². The number of nitrogens with one attached hydrogen (secondary N) is 2. The number of benzene rings is 1. The first-order valence-corrected chi connectivity index (χ1v) is 9.82. The molecule has 1 aliphatic carbocycles. The third-order valence-corrected chi connectivity index (χ3v) is 4.66.